The smallest absolute Gasteiger partial charge is 0.254 e. The van der Waals surface area contributed by atoms with Gasteiger partial charge in [-0.15, -0.1) is 0 Å². The largest absolute Gasteiger partial charge is 0.493 e. The van der Waals surface area contributed by atoms with Crippen LogP contribution in [-0.2, 0) is 13.0 Å². The molecular formula is C20H18N4O2. The van der Waals surface area contributed by atoms with E-state index in [1.165, 1.54) is 5.56 Å². The van der Waals surface area contributed by atoms with Gasteiger partial charge in [-0.3, -0.25) is 9.78 Å². The Morgan fingerprint density at radius 3 is 2.73 bits per heavy atom. The number of amides is 1. The number of aryl methyl sites for hydroxylation is 1. The molecule has 0 atom stereocenters. The number of ether oxygens (including phenoxy) is 1. The number of carbonyl (C=O) groups is 1. The van der Waals surface area contributed by atoms with Crippen molar-refractivity contribution in [3.63, 3.8) is 0 Å². The summed E-state index contributed by atoms with van der Waals surface area (Å²) in [7, 11) is 0. The Kier molecular flexibility index (Phi) is 4.55. The third-order valence-corrected chi connectivity index (χ3v) is 4.28. The highest BCUT2D eigenvalue weighted by atomic mass is 16.5. The summed E-state index contributed by atoms with van der Waals surface area (Å²) in [5, 5.41) is 2.91. The van der Waals surface area contributed by atoms with Crippen LogP contribution in [0.4, 0.5) is 0 Å². The molecular weight excluding hydrogens is 328 g/mol. The number of benzene rings is 1. The lowest BCUT2D eigenvalue weighted by Crippen LogP contribution is -2.23. The summed E-state index contributed by atoms with van der Waals surface area (Å²) in [6.45, 7) is 1.23. The van der Waals surface area contributed by atoms with Gasteiger partial charge in [0.25, 0.3) is 5.91 Å². The molecule has 1 N–H and O–H groups in total. The van der Waals surface area contributed by atoms with Crippen LogP contribution in [-0.4, -0.2) is 27.5 Å². The van der Waals surface area contributed by atoms with Gasteiger partial charge in [-0.25, -0.2) is 9.97 Å². The van der Waals surface area contributed by atoms with Gasteiger partial charge in [0.1, 0.15) is 5.75 Å². The maximum absolute atomic E-state index is 12.3. The number of nitrogens with one attached hydrogen (secondary N) is 1. The summed E-state index contributed by atoms with van der Waals surface area (Å²) in [5.41, 5.74) is 3.55. The average molecular weight is 346 g/mol. The predicted molar refractivity (Wildman–Crippen MR) is 96.7 cm³/mol. The lowest BCUT2D eigenvalue weighted by atomic mass is 10.0. The van der Waals surface area contributed by atoms with E-state index in [0.717, 1.165) is 36.3 Å². The summed E-state index contributed by atoms with van der Waals surface area (Å²) >= 11 is 0. The third-order valence-electron chi connectivity index (χ3n) is 4.28. The van der Waals surface area contributed by atoms with Crippen LogP contribution in [0, 0.1) is 0 Å². The van der Waals surface area contributed by atoms with Crippen LogP contribution in [0.1, 0.15) is 27.9 Å². The van der Waals surface area contributed by atoms with E-state index in [2.05, 4.69) is 26.3 Å². The maximum Gasteiger partial charge on any atom is 0.254 e. The Hall–Kier alpha value is -3.28. The van der Waals surface area contributed by atoms with Gasteiger partial charge >= 0.3 is 0 Å². The van der Waals surface area contributed by atoms with Gasteiger partial charge in [-0.05, 0) is 42.2 Å². The first-order valence-electron chi connectivity index (χ1n) is 8.55. The number of pyridine rings is 1. The number of aromatic nitrogens is 3. The molecule has 6 heteroatoms. The minimum absolute atomic E-state index is 0.194. The van der Waals surface area contributed by atoms with Crippen molar-refractivity contribution in [3.05, 3.63) is 71.8 Å². The maximum atomic E-state index is 12.3. The fourth-order valence-corrected chi connectivity index (χ4v) is 2.90. The molecule has 3 aromatic rings. The predicted octanol–water partition coefficient (Wildman–Crippen LogP) is 2.79. The first-order chi connectivity index (χ1) is 12.8. The zero-order valence-electron chi connectivity index (χ0n) is 14.2. The van der Waals surface area contributed by atoms with Crippen molar-refractivity contribution in [2.75, 3.05) is 6.61 Å². The van der Waals surface area contributed by atoms with Gasteiger partial charge in [-0.1, -0.05) is 12.1 Å². The number of hydrogen-bond donors (Lipinski definition) is 1. The molecule has 1 aromatic carbocycles. The Morgan fingerprint density at radius 1 is 1.12 bits per heavy atom. The lowest BCUT2D eigenvalue weighted by molar-refractivity contribution is 0.0950. The molecule has 4 rings (SSSR count). The quantitative estimate of drug-likeness (QED) is 0.786. The Morgan fingerprint density at radius 2 is 1.92 bits per heavy atom. The minimum atomic E-state index is -0.194. The zero-order valence-corrected chi connectivity index (χ0v) is 14.2. The molecule has 130 valence electrons. The molecule has 1 amide bonds. The monoisotopic (exact) mass is 346 g/mol. The second kappa shape index (κ2) is 7.31. The SMILES string of the molecule is O=C(NCc1ccc2c(c1)CCCO2)c1cnc(-c2ccncc2)nc1. The lowest BCUT2D eigenvalue weighted by Gasteiger charge is -2.18. The highest BCUT2D eigenvalue weighted by molar-refractivity contribution is 5.93. The van der Waals surface area contributed by atoms with E-state index in [-0.39, 0.29) is 5.91 Å². The zero-order chi connectivity index (χ0) is 17.8. The molecule has 26 heavy (non-hydrogen) atoms. The van der Waals surface area contributed by atoms with Crippen LogP contribution in [0.25, 0.3) is 11.4 Å². The number of nitrogens with zero attached hydrogens (tertiary/aromatic N) is 3. The molecule has 0 saturated heterocycles. The molecule has 0 radical (unpaired) electrons. The number of carbonyl (C=O) groups excluding carboxylic acids is 1. The van der Waals surface area contributed by atoms with Crippen molar-refractivity contribution in [1.82, 2.24) is 20.3 Å². The molecule has 3 heterocycles. The van der Waals surface area contributed by atoms with E-state index >= 15 is 0 Å². The Labute approximate surface area is 151 Å². The third kappa shape index (κ3) is 3.54. The van der Waals surface area contributed by atoms with Gasteiger partial charge < -0.3 is 10.1 Å². The van der Waals surface area contributed by atoms with Crippen molar-refractivity contribution in [2.24, 2.45) is 0 Å². The van der Waals surface area contributed by atoms with Crippen molar-refractivity contribution in [1.29, 1.82) is 0 Å². The number of fused-ring (bicyclic) bond motifs is 1. The fourth-order valence-electron chi connectivity index (χ4n) is 2.90. The molecule has 1 aliphatic heterocycles. The molecule has 0 bridgehead atoms. The summed E-state index contributed by atoms with van der Waals surface area (Å²) in [6.07, 6.45) is 8.49. The van der Waals surface area contributed by atoms with Crippen LogP contribution < -0.4 is 10.1 Å². The van der Waals surface area contributed by atoms with Crippen LogP contribution >= 0.6 is 0 Å². The van der Waals surface area contributed by atoms with Gasteiger partial charge in [0.2, 0.25) is 0 Å². The number of rotatable bonds is 4. The summed E-state index contributed by atoms with van der Waals surface area (Å²) in [4.78, 5) is 24.8. The van der Waals surface area contributed by atoms with E-state index in [9.17, 15) is 4.79 Å². The van der Waals surface area contributed by atoms with Gasteiger partial charge in [0, 0.05) is 36.9 Å². The van der Waals surface area contributed by atoms with Crippen LogP contribution in [0.15, 0.2) is 55.1 Å². The Balaban J connectivity index is 1.40. The van der Waals surface area contributed by atoms with Crippen LogP contribution in [0.5, 0.6) is 5.75 Å². The first kappa shape index (κ1) is 16.2. The van der Waals surface area contributed by atoms with E-state index in [1.54, 1.807) is 24.8 Å². The molecule has 0 aliphatic carbocycles. The van der Waals surface area contributed by atoms with Gasteiger partial charge in [0.05, 0.1) is 12.2 Å². The molecule has 6 nitrogen and oxygen atoms in total. The molecule has 0 unspecified atom stereocenters. The molecule has 2 aromatic heterocycles. The highest BCUT2D eigenvalue weighted by Gasteiger charge is 2.12. The van der Waals surface area contributed by atoms with Crippen molar-refractivity contribution < 1.29 is 9.53 Å². The molecule has 0 fully saturated rings. The van der Waals surface area contributed by atoms with E-state index < -0.39 is 0 Å². The second-order valence-corrected chi connectivity index (χ2v) is 6.11. The summed E-state index contributed by atoms with van der Waals surface area (Å²) in [5.74, 6) is 1.32. The normalized spacial score (nSPS) is 12.8. The fraction of sp³-hybridized carbons (Fsp3) is 0.200. The van der Waals surface area contributed by atoms with Gasteiger partial charge in [0.15, 0.2) is 5.82 Å². The Bertz CT molecular complexity index is 911. The van der Waals surface area contributed by atoms with E-state index in [1.807, 2.05) is 24.3 Å². The molecule has 0 spiro atoms. The molecule has 1 aliphatic rings. The minimum Gasteiger partial charge on any atom is -0.493 e. The van der Waals surface area contributed by atoms with Crippen LogP contribution in [0.3, 0.4) is 0 Å². The standard InChI is InChI=1S/C20H18N4O2/c25-20(17-12-22-19(23-13-17)15-5-7-21-8-6-15)24-11-14-3-4-18-16(10-14)2-1-9-26-18/h3-8,10,12-13H,1-2,9,11H2,(H,24,25). The van der Waals surface area contributed by atoms with Gasteiger partial charge in [-0.2, -0.15) is 0 Å². The number of hydrogen-bond acceptors (Lipinski definition) is 5. The van der Waals surface area contributed by atoms with Crippen LogP contribution in [0.2, 0.25) is 0 Å². The summed E-state index contributed by atoms with van der Waals surface area (Å²) in [6, 6.07) is 9.71. The highest BCUT2D eigenvalue weighted by Crippen LogP contribution is 2.25. The van der Waals surface area contributed by atoms with Crippen molar-refractivity contribution in [3.8, 4) is 17.1 Å². The van der Waals surface area contributed by atoms with E-state index in [4.69, 9.17) is 4.74 Å². The topological polar surface area (TPSA) is 77.0 Å². The second-order valence-electron chi connectivity index (χ2n) is 6.11. The van der Waals surface area contributed by atoms with E-state index in [0.29, 0.717) is 17.9 Å². The van der Waals surface area contributed by atoms with Crippen molar-refractivity contribution in [2.45, 2.75) is 19.4 Å². The summed E-state index contributed by atoms with van der Waals surface area (Å²) < 4.78 is 5.61. The molecule has 0 saturated carbocycles. The van der Waals surface area contributed by atoms with Crippen molar-refractivity contribution >= 4 is 5.91 Å². The first-order valence-corrected chi connectivity index (χ1v) is 8.55. The average Bonchev–Trinajstić information content (AvgIpc) is 2.72.